The molecule has 13 heavy (non-hydrogen) atoms. The molecule has 3 nitrogen and oxygen atoms in total. The van der Waals surface area contributed by atoms with E-state index in [0.717, 1.165) is 31.6 Å². The molecule has 0 radical (unpaired) electrons. The summed E-state index contributed by atoms with van der Waals surface area (Å²) >= 11 is 0. The van der Waals surface area contributed by atoms with Gasteiger partial charge in [-0.1, -0.05) is 0 Å². The Kier molecular flexibility index (Phi) is 4.07. The molecule has 0 bridgehead atoms. The molecule has 0 aliphatic rings. The molecule has 1 rings (SSSR count). The average Bonchev–Trinajstić information content (AvgIpc) is 2.54. The Morgan fingerprint density at radius 2 is 2.54 bits per heavy atom. The number of nitrogens with zero attached hydrogens (tertiary/aromatic N) is 2. The molecule has 0 aromatic carbocycles. The van der Waals surface area contributed by atoms with Crippen molar-refractivity contribution in [2.24, 2.45) is 0 Å². The highest BCUT2D eigenvalue weighted by atomic mass is 15.3. The average molecular weight is 177 g/mol. The van der Waals surface area contributed by atoms with E-state index in [2.05, 4.69) is 16.3 Å². The Morgan fingerprint density at radius 1 is 1.69 bits per heavy atom. The summed E-state index contributed by atoms with van der Waals surface area (Å²) in [7, 11) is 1.91. The predicted molar refractivity (Wildman–Crippen MR) is 53.1 cm³/mol. The van der Waals surface area contributed by atoms with E-state index in [1.807, 2.05) is 24.0 Å². The summed E-state index contributed by atoms with van der Waals surface area (Å²) in [5, 5.41) is 7.41. The van der Waals surface area contributed by atoms with Crippen LogP contribution in [0.5, 0.6) is 0 Å². The minimum atomic E-state index is 0.821. The maximum atomic E-state index is 5.16. The van der Waals surface area contributed by atoms with Gasteiger partial charge in [0.15, 0.2) is 0 Å². The van der Waals surface area contributed by atoms with Gasteiger partial charge in [0.25, 0.3) is 0 Å². The fraction of sp³-hybridized carbons (Fsp3) is 0.500. The zero-order valence-corrected chi connectivity index (χ0v) is 7.95. The van der Waals surface area contributed by atoms with E-state index in [9.17, 15) is 0 Å². The maximum Gasteiger partial charge on any atom is 0.0762 e. The lowest BCUT2D eigenvalue weighted by atomic mass is 10.3. The summed E-state index contributed by atoms with van der Waals surface area (Å²) in [5.74, 6) is 2.62. The van der Waals surface area contributed by atoms with Gasteiger partial charge in [0.1, 0.15) is 0 Å². The molecule has 1 heterocycles. The third-order valence-electron chi connectivity index (χ3n) is 1.76. The topological polar surface area (TPSA) is 29.9 Å². The minimum Gasteiger partial charge on any atom is -0.314 e. The summed E-state index contributed by atoms with van der Waals surface area (Å²) < 4.78 is 1.93. The van der Waals surface area contributed by atoms with Gasteiger partial charge in [-0.3, -0.25) is 4.68 Å². The van der Waals surface area contributed by atoms with Crippen LogP contribution in [0.1, 0.15) is 18.5 Å². The first-order chi connectivity index (χ1) is 6.36. The van der Waals surface area contributed by atoms with Crippen LogP contribution < -0.4 is 5.32 Å². The van der Waals surface area contributed by atoms with E-state index in [-0.39, 0.29) is 0 Å². The van der Waals surface area contributed by atoms with Gasteiger partial charge < -0.3 is 5.32 Å². The lowest BCUT2D eigenvalue weighted by Gasteiger charge is -1.97. The summed E-state index contributed by atoms with van der Waals surface area (Å²) in [6.45, 7) is 1.73. The van der Waals surface area contributed by atoms with Gasteiger partial charge in [0.2, 0.25) is 0 Å². The Balaban J connectivity index is 2.36. The van der Waals surface area contributed by atoms with E-state index in [1.54, 1.807) is 0 Å². The molecule has 0 unspecified atom stereocenters. The van der Waals surface area contributed by atoms with Crippen molar-refractivity contribution in [1.29, 1.82) is 0 Å². The molecular weight excluding hydrogens is 162 g/mol. The molecule has 0 saturated heterocycles. The van der Waals surface area contributed by atoms with Crippen LogP contribution in [0.4, 0.5) is 0 Å². The second-order valence-electron chi connectivity index (χ2n) is 2.91. The van der Waals surface area contributed by atoms with Crippen molar-refractivity contribution in [1.82, 2.24) is 15.1 Å². The van der Waals surface area contributed by atoms with Crippen molar-refractivity contribution in [3.8, 4) is 12.3 Å². The van der Waals surface area contributed by atoms with E-state index >= 15 is 0 Å². The van der Waals surface area contributed by atoms with Crippen molar-refractivity contribution in [3.05, 3.63) is 18.0 Å². The number of nitrogens with one attached hydrogen (secondary N) is 1. The van der Waals surface area contributed by atoms with Gasteiger partial charge in [-0.2, -0.15) is 5.10 Å². The Morgan fingerprint density at radius 3 is 3.23 bits per heavy atom. The maximum absolute atomic E-state index is 5.16. The lowest BCUT2D eigenvalue weighted by Crippen LogP contribution is -2.07. The van der Waals surface area contributed by atoms with Crippen molar-refractivity contribution >= 4 is 0 Å². The summed E-state index contributed by atoms with van der Waals surface area (Å²) in [6, 6.07) is 2.02. The molecule has 0 atom stereocenters. The number of aryl methyl sites for hydroxylation is 1. The summed E-state index contributed by atoms with van der Waals surface area (Å²) in [4.78, 5) is 0. The number of hydrogen-bond acceptors (Lipinski definition) is 2. The van der Waals surface area contributed by atoms with Crippen LogP contribution in [0.3, 0.4) is 0 Å². The normalized spacial score (nSPS) is 9.85. The van der Waals surface area contributed by atoms with Crippen molar-refractivity contribution in [2.45, 2.75) is 25.9 Å². The van der Waals surface area contributed by atoms with Gasteiger partial charge in [-0.05, 0) is 19.5 Å². The van der Waals surface area contributed by atoms with Crippen LogP contribution in [0.25, 0.3) is 0 Å². The summed E-state index contributed by atoms with van der Waals surface area (Å²) in [5.41, 5.74) is 1.07. The predicted octanol–water partition coefficient (Wildman–Crippen LogP) is 1.02. The van der Waals surface area contributed by atoms with Crippen LogP contribution >= 0.6 is 0 Å². The van der Waals surface area contributed by atoms with Crippen LogP contribution in [0.15, 0.2) is 12.3 Å². The highest BCUT2D eigenvalue weighted by Crippen LogP contribution is 1.97. The largest absolute Gasteiger partial charge is 0.314 e. The second-order valence-corrected chi connectivity index (χ2v) is 2.91. The highest BCUT2D eigenvalue weighted by Gasteiger charge is 1.96. The van der Waals surface area contributed by atoms with Crippen LogP contribution in [0.2, 0.25) is 0 Å². The fourth-order valence-corrected chi connectivity index (χ4v) is 1.15. The SMILES string of the molecule is C#CCCCn1ccc(CNC)n1. The van der Waals surface area contributed by atoms with E-state index in [4.69, 9.17) is 6.42 Å². The van der Waals surface area contributed by atoms with Gasteiger partial charge in [0.05, 0.1) is 5.69 Å². The third kappa shape index (κ3) is 3.30. The molecule has 1 N–H and O–H groups in total. The molecule has 0 aliphatic heterocycles. The van der Waals surface area contributed by atoms with Crippen molar-refractivity contribution < 1.29 is 0 Å². The molecule has 0 saturated carbocycles. The first kappa shape index (κ1) is 9.82. The summed E-state index contributed by atoms with van der Waals surface area (Å²) in [6.07, 6.45) is 8.96. The molecule has 3 heteroatoms. The third-order valence-corrected chi connectivity index (χ3v) is 1.76. The smallest absolute Gasteiger partial charge is 0.0762 e. The number of terminal acetylenes is 1. The minimum absolute atomic E-state index is 0.821. The second kappa shape index (κ2) is 5.39. The van der Waals surface area contributed by atoms with Crippen LogP contribution in [-0.4, -0.2) is 16.8 Å². The lowest BCUT2D eigenvalue weighted by molar-refractivity contribution is 0.576. The van der Waals surface area contributed by atoms with Crippen LogP contribution in [-0.2, 0) is 13.1 Å². The quantitative estimate of drug-likeness (QED) is 0.537. The Bertz CT molecular complexity index is 283. The molecule has 1 aromatic heterocycles. The monoisotopic (exact) mass is 177 g/mol. The van der Waals surface area contributed by atoms with E-state index in [1.165, 1.54) is 0 Å². The Labute approximate surface area is 79.1 Å². The molecular formula is C10H15N3. The van der Waals surface area contributed by atoms with E-state index < -0.39 is 0 Å². The zero-order chi connectivity index (χ0) is 9.52. The number of hydrogen-bond donors (Lipinski definition) is 1. The number of aromatic nitrogens is 2. The molecule has 0 spiro atoms. The van der Waals surface area contributed by atoms with Gasteiger partial charge in [-0.25, -0.2) is 0 Å². The standard InChI is InChI=1S/C10H15N3/c1-3-4-5-7-13-8-6-10(12-13)9-11-2/h1,6,8,11H,4-5,7,9H2,2H3. The van der Waals surface area contributed by atoms with Gasteiger partial charge >= 0.3 is 0 Å². The zero-order valence-electron chi connectivity index (χ0n) is 7.95. The fourth-order valence-electron chi connectivity index (χ4n) is 1.15. The number of unbranched alkanes of at least 4 members (excludes halogenated alkanes) is 1. The van der Waals surface area contributed by atoms with Crippen molar-refractivity contribution in [2.75, 3.05) is 7.05 Å². The number of rotatable bonds is 5. The Hall–Kier alpha value is -1.27. The highest BCUT2D eigenvalue weighted by molar-refractivity contribution is 4.98. The van der Waals surface area contributed by atoms with E-state index in [0.29, 0.717) is 0 Å². The molecule has 1 aromatic rings. The molecule has 0 aliphatic carbocycles. The van der Waals surface area contributed by atoms with Crippen molar-refractivity contribution in [3.63, 3.8) is 0 Å². The molecule has 70 valence electrons. The first-order valence-electron chi connectivity index (χ1n) is 4.47. The van der Waals surface area contributed by atoms with Crippen LogP contribution in [0, 0.1) is 12.3 Å². The molecule has 0 fully saturated rings. The van der Waals surface area contributed by atoms with Gasteiger partial charge in [0, 0.05) is 25.7 Å². The first-order valence-corrected chi connectivity index (χ1v) is 4.47. The van der Waals surface area contributed by atoms with Gasteiger partial charge in [-0.15, -0.1) is 12.3 Å². The molecule has 0 amide bonds.